The number of hydrogen-bond donors (Lipinski definition) is 2. The van der Waals surface area contributed by atoms with Crippen molar-refractivity contribution in [1.29, 1.82) is 0 Å². The maximum absolute atomic E-state index is 12.1. The molecule has 1 amide bonds. The van der Waals surface area contributed by atoms with Gasteiger partial charge in [-0.15, -0.1) is 0 Å². The number of rotatable bonds is 5. The van der Waals surface area contributed by atoms with Gasteiger partial charge in [0.05, 0.1) is 16.8 Å². The van der Waals surface area contributed by atoms with Crippen molar-refractivity contribution in [2.45, 2.75) is 6.92 Å². The molecule has 2 aromatic carbocycles. The van der Waals surface area contributed by atoms with Gasteiger partial charge < -0.3 is 5.11 Å². The van der Waals surface area contributed by atoms with Gasteiger partial charge in [0.2, 0.25) is 0 Å². The van der Waals surface area contributed by atoms with E-state index in [0.717, 1.165) is 17.8 Å². The lowest BCUT2D eigenvalue weighted by molar-refractivity contribution is -0.385. The maximum Gasteiger partial charge on any atom is 0.289 e. The van der Waals surface area contributed by atoms with Gasteiger partial charge in [0.1, 0.15) is 5.69 Å². The van der Waals surface area contributed by atoms with Gasteiger partial charge in [-0.3, -0.25) is 20.0 Å². The van der Waals surface area contributed by atoms with E-state index >= 15 is 0 Å². The summed E-state index contributed by atoms with van der Waals surface area (Å²) in [5, 5.41) is 33.3. The number of nitro benzene ring substituents is 1. The minimum atomic E-state index is -0.599. The van der Waals surface area contributed by atoms with Crippen LogP contribution in [0.5, 0.6) is 5.75 Å². The largest absolute Gasteiger partial charge is 0.872 e. The summed E-state index contributed by atoms with van der Waals surface area (Å²) in [4.78, 5) is 22.4. The van der Waals surface area contributed by atoms with Crippen LogP contribution in [0, 0.1) is 17.0 Å². The number of benzene rings is 2. The van der Waals surface area contributed by atoms with Crippen molar-refractivity contribution in [1.82, 2.24) is 15.6 Å². The smallest absolute Gasteiger partial charge is 0.289 e. The van der Waals surface area contributed by atoms with Crippen molar-refractivity contribution in [2.24, 2.45) is 5.10 Å². The molecule has 0 radical (unpaired) electrons. The molecule has 0 unspecified atom stereocenters. The van der Waals surface area contributed by atoms with Crippen molar-refractivity contribution in [3.8, 4) is 17.0 Å². The fourth-order valence-electron chi connectivity index (χ4n) is 2.40. The maximum atomic E-state index is 12.1. The topological polar surface area (TPSA) is 136 Å². The number of amides is 1. The molecule has 0 aliphatic heterocycles. The molecule has 0 fully saturated rings. The second kappa shape index (κ2) is 7.48. The lowest BCUT2D eigenvalue weighted by atomic mass is 10.1. The molecule has 9 nitrogen and oxygen atoms in total. The average molecular weight is 364 g/mol. The van der Waals surface area contributed by atoms with Crippen molar-refractivity contribution in [3.63, 3.8) is 0 Å². The zero-order chi connectivity index (χ0) is 19.4. The van der Waals surface area contributed by atoms with Crippen LogP contribution in [0.1, 0.15) is 21.6 Å². The minimum Gasteiger partial charge on any atom is -0.872 e. The van der Waals surface area contributed by atoms with Crippen LogP contribution in [-0.2, 0) is 0 Å². The molecule has 9 heteroatoms. The summed E-state index contributed by atoms with van der Waals surface area (Å²) >= 11 is 0. The minimum absolute atomic E-state index is 0.0107. The summed E-state index contributed by atoms with van der Waals surface area (Å²) in [5.41, 5.74) is 3.90. The highest BCUT2D eigenvalue weighted by Gasteiger charge is 2.11. The number of non-ortho nitro benzene ring substituents is 1. The van der Waals surface area contributed by atoms with E-state index in [4.69, 9.17) is 0 Å². The second-order valence-corrected chi connectivity index (χ2v) is 5.67. The molecule has 0 saturated carbocycles. The van der Waals surface area contributed by atoms with Crippen LogP contribution in [0.4, 0.5) is 5.69 Å². The third-order valence-electron chi connectivity index (χ3n) is 3.76. The molecule has 0 atom stereocenters. The summed E-state index contributed by atoms with van der Waals surface area (Å²) in [6.45, 7) is 1.47. The standard InChI is InChI=1S/C18H15N5O4/c1-11-7-14(23(26)27)8-13(17(11)24)10-19-22-18(25)16-9-15(20-21-16)12-5-3-2-4-6-12/h2-10,24H,1H3,(H,20,21)(H,22,25)/p-1/b19-10-. The Balaban J connectivity index is 1.73. The fraction of sp³-hybridized carbons (Fsp3) is 0.0556. The zero-order valence-electron chi connectivity index (χ0n) is 14.2. The number of aromatic amines is 1. The first kappa shape index (κ1) is 17.8. The van der Waals surface area contributed by atoms with Crippen molar-refractivity contribution < 1.29 is 14.8 Å². The average Bonchev–Trinajstić information content (AvgIpc) is 3.15. The molecule has 0 spiro atoms. The van der Waals surface area contributed by atoms with Gasteiger partial charge in [0, 0.05) is 17.7 Å². The molecule has 0 aliphatic carbocycles. The SMILES string of the molecule is Cc1cc([N+](=O)[O-])cc(/C=N\NC(=O)c2cc(-c3ccccc3)n[nH]2)c1[O-]. The van der Waals surface area contributed by atoms with E-state index in [9.17, 15) is 20.0 Å². The molecule has 136 valence electrons. The molecule has 2 N–H and O–H groups in total. The number of H-pyrrole nitrogens is 1. The van der Waals surface area contributed by atoms with E-state index in [1.165, 1.54) is 13.0 Å². The van der Waals surface area contributed by atoms with E-state index in [1.54, 1.807) is 6.07 Å². The number of nitro groups is 1. The van der Waals surface area contributed by atoms with Gasteiger partial charge in [-0.25, -0.2) is 5.43 Å². The quantitative estimate of drug-likeness (QED) is 0.406. The van der Waals surface area contributed by atoms with Crippen LogP contribution in [0.2, 0.25) is 0 Å². The predicted molar refractivity (Wildman–Crippen MR) is 96.4 cm³/mol. The van der Waals surface area contributed by atoms with Gasteiger partial charge in [0.25, 0.3) is 11.6 Å². The van der Waals surface area contributed by atoms with Crippen LogP contribution in [0.3, 0.4) is 0 Å². The van der Waals surface area contributed by atoms with Gasteiger partial charge >= 0.3 is 0 Å². The molecule has 27 heavy (non-hydrogen) atoms. The summed E-state index contributed by atoms with van der Waals surface area (Å²) < 4.78 is 0. The van der Waals surface area contributed by atoms with Crippen molar-refractivity contribution in [3.05, 3.63) is 75.5 Å². The highest BCUT2D eigenvalue weighted by molar-refractivity contribution is 5.94. The van der Waals surface area contributed by atoms with Gasteiger partial charge in [-0.05, 0) is 18.6 Å². The number of aromatic nitrogens is 2. The summed E-state index contributed by atoms with van der Waals surface area (Å²) in [7, 11) is 0. The number of nitrogens with zero attached hydrogens (tertiary/aromatic N) is 3. The molecule has 1 heterocycles. The Morgan fingerprint density at radius 3 is 2.70 bits per heavy atom. The van der Waals surface area contributed by atoms with Crippen LogP contribution in [-0.4, -0.2) is 27.2 Å². The lowest BCUT2D eigenvalue weighted by Gasteiger charge is -2.13. The van der Waals surface area contributed by atoms with Crippen LogP contribution >= 0.6 is 0 Å². The number of carbonyl (C=O) groups excluding carboxylic acids is 1. The Labute approximate surface area is 153 Å². The predicted octanol–water partition coefficient (Wildman–Crippen LogP) is 2.13. The summed E-state index contributed by atoms with van der Waals surface area (Å²) in [6.07, 6.45) is 1.08. The number of nitrogens with one attached hydrogen (secondary N) is 2. The highest BCUT2D eigenvalue weighted by Crippen LogP contribution is 2.24. The number of hydrazone groups is 1. The Hall–Kier alpha value is -4.01. The normalized spacial score (nSPS) is 10.9. The van der Waals surface area contributed by atoms with E-state index in [0.29, 0.717) is 5.69 Å². The third kappa shape index (κ3) is 3.98. The van der Waals surface area contributed by atoms with Crippen LogP contribution in [0.25, 0.3) is 11.3 Å². The van der Waals surface area contributed by atoms with Gasteiger partial charge in [0.15, 0.2) is 0 Å². The van der Waals surface area contributed by atoms with Gasteiger partial charge in [-0.1, -0.05) is 41.6 Å². The molecule has 3 aromatic rings. The highest BCUT2D eigenvalue weighted by atomic mass is 16.6. The van der Waals surface area contributed by atoms with Crippen LogP contribution in [0.15, 0.2) is 53.6 Å². The Kier molecular flexibility index (Phi) is 4.93. The van der Waals surface area contributed by atoms with Crippen molar-refractivity contribution >= 4 is 17.8 Å². The molecule has 0 saturated heterocycles. The third-order valence-corrected chi connectivity index (χ3v) is 3.76. The molecule has 1 aromatic heterocycles. The first-order valence-electron chi connectivity index (χ1n) is 7.86. The van der Waals surface area contributed by atoms with Gasteiger partial charge in [-0.2, -0.15) is 10.2 Å². The number of aryl methyl sites for hydroxylation is 1. The molecule has 0 bridgehead atoms. The van der Waals surface area contributed by atoms with E-state index in [1.807, 2.05) is 30.3 Å². The Bertz CT molecular complexity index is 1030. The lowest BCUT2D eigenvalue weighted by Crippen LogP contribution is -2.18. The monoisotopic (exact) mass is 364 g/mol. The first-order chi connectivity index (χ1) is 13.0. The van der Waals surface area contributed by atoms with Crippen molar-refractivity contribution in [2.75, 3.05) is 0 Å². The van der Waals surface area contributed by atoms with E-state index < -0.39 is 16.6 Å². The molecular weight excluding hydrogens is 350 g/mol. The summed E-state index contributed by atoms with van der Waals surface area (Å²) in [6, 6.07) is 13.2. The van der Waals surface area contributed by atoms with E-state index in [-0.39, 0.29) is 22.5 Å². The fourth-order valence-corrected chi connectivity index (χ4v) is 2.40. The zero-order valence-corrected chi connectivity index (χ0v) is 14.2. The molecule has 3 rings (SSSR count). The molecular formula is C18H14N5O4-. The first-order valence-corrected chi connectivity index (χ1v) is 7.86. The summed E-state index contributed by atoms with van der Waals surface area (Å²) in [5.74, 6) is -0.956. The Morgan fingerprint density at radius 2 is 2.00 bits per heavy atom. The van der Waals surface area contributed by atoms with E-state index in [2.05, 4.69) is 20.7 Å². The van der Waals surface area contributed by atoms with Crippen LogP contribution < -0.4 is 10.5 Å². The molecule has 0 aliphatic rings. The number of hydrogen-bond acceptors (Lipinski definition) is 6. The number of carbonyl (C=O) groups is 1. The second-order valence-electron chi connectivity index (χ2n) is 5.67. The Morgan fingerprint density at radius 1 is 1.26 bits per heavy atom.